The first-order valence-corrected chi connectivity index (χ1v) is 10.7. The van der Waals surface area contributed by atoms with Crippen molar-refractivity contribution in [3.8, 4) is 22.6 Å². The molecule has 30 heavy (non-hydrogen) atoms. The molecule has 0 amide bonds. The van der Waals surface area contributed by atoms with E-state index in [4.69, 9.17) is 13.9 Å². The van der Waals surface area contributed by atoms with Crippen molar-refractivity contribution >= 4 is 11.0 Å². The van der Waals surface area contributed by atoms with Crippen LogP contribution in [0.4, 0.5) is 0 Å². The Balaban J connectivity index is 1.42. The monoisotopic (exact) mass is 410 g/mol. The number of fused-ring (bicyclic) bond motifs is 1. The van der Waals surface area contributed by atoms with E-state index in [0.29, 0.717) is 23.1 Å². The second-order valence-corrected chi connectivity index (χ2v) is 7.82. The Morgan fingerprint density at radius 1 is 0.967 bits per heavy atom. The third-order valence-electron chi connectivity index (χ3n) is 6.04. The summed E-state index contributed by atoms with van der Waals surface area (Å²) >= 11 is 0. The van der Waals surface area contributed by atoms with Gasteiger partial charge in [0.25, 0.3) is 0 Å². The minimum atomic E-state index is -0.0475. The molecule has 158 valence electrons. The summed E-state index contributed by atoms with van der Waals surface area (Å²) in [6, 6.07) is 12.8. The molecule has 3 aromatic rings. The number of quaternary nitrogens is 2. The molecule has 2 heterocycles. The van der Waals surface area contributed by atoms with Gasteiger partial charge >= 0.3 is 0 Å². The highest BCUT2D eigenvalue weighted by Crippen LogP contribution is 2.24. The van der Waals surface area contributed by atoms with Gasteiger partial charge in [-0.1, -0.05) is 12.1 Å². The molecule has 1 aliphatic rings. The van der Waals surface area contributed by atoms with Crippen LogP contribution in [-0.2, 0) is 0 Å². The molecule has 1 aromatic heterocycles. The van der Waals surface area contributed by atoms with E-state index in [1.54, 1.807) is 23.0 Å². The Kier molecular flexibility index (Phi) is 6.35. The number of ether oxygens (including phenoxy) is 2. The minimum Gasteiger partial charge on any atom is -0.497 e. The predicted molar refractivity (Wildman–Crippen MR) is 117 cm³/mol. The van der Waals surface area contributed by atoms with Gasteiger partial charge in [0, 0.05) is 6.07 Å². The van der Waals surface area contributed by atoms with E-state index in [1.165, 1.54) is 39.0 Å². The van der Waals surface area contributed by atoms with Gasteiger partial charge in [-0.15, -0.1) is 0 Å². The SMILES string of the molecule is CC[NH+]1CC[NH+](CCOc2ccc3c(=O)c(-c4ccc(OC)cc4)coc3c2)CC1. The van der Waals surface area contributed by atoms with Crippen molar-refractivity contribution in [2.45, 2.75) is 6.92 Å². The fraction of sp³-hybridized carbons (Fsp3) is 0.375. The molecule has 0 bridgehead atoms. The summed E-state index contributed by atoms with van der Waals surface area (Å²) in [6.45, 7) is 10.0. The Bertz CT molecular complexity index is 1040. The van der Waals surface area contributed by atoms with Gasteiger partial charge in [0.05, 0.1) is 24.6 Å². The van der Waals surface area contributed by atoms with Crippen LogP contribution in [-0.4, -0.2) is 53.0 Å². The van der Waals surface area contributed by atoms with Crippen molar-refractivity contribution in [1.29, 1.82) is 0 Å². The second-order valence-electron chi connectivity index (χ2n) is 7.82. The molecule has 0 unspecified atom stereocenters. The van der Waals surface area contributed by atoms with Gasteiger partial charge in [-0.2, -0.15) is 0 Å². The molecule has 0 spiro atoms. The number of benzene rings is 2. The predicted octanol–water partition coefficient (Wildman–Crippen LogP) is 0.651. The molecule has 4 rings (SSSR count). The molecule has 1 aliphatic heterocycles. The molecule has 1 saturated heterocycles. The summed E-state index contributed by atoms with van der Waals surface area (Å²) in [5, 5.41) is 0.556. The molecule has 1 fully saturated rings. The van der Waals surface area contributed by atoms with Crippen LogP contribution in [0, 0.1) is 0 Å². The standard InChI is InChI=1S/C24H28N2O4/c1-3-25-10-12-26(13-11-25)14-15-29-20-8-9-21-23(16-20)30-17-22(24(21)27)18-4-6-19(28-2)7-5-18/h4-9,16-17H,3,10-15H2,1-2H3/p+2. The average Bonchev–Trinajstić information content (AvgIpc) is 2.80. The smallest absolute Gasteiger partial charge is 0.200 e. The molecule has 0 atom stereocenters. The van der Waals surface area contributed by atoms with Gasteiger partial charge in [0.2, 0.25) is 0 Å². The summed E-state index contributed by atoms with van der Waals surface area (Å²) in [6.07, 6.45) is 1.52. The normalized spacial score (nSPS) is 19.0. The van der Waals surface area contributed by atoms with Crippen LogP contribution in [0.5, 0.6) is 11.5 Å². The van der Waals surface area contributed by atoms with Crippen LogP contribution in [0.3, 0.4) is 0 Å². The molecule has 2 aromatic carbocycles. The molecule has 6 heteroatoms. The fourth-order valence-electron chi connectivity index (χ4n) is 4.04. The van der Waals surface area contributed by atoms with Crippen molar-refractivity contribution in [3.05, 3.63) is 59.0 Å². The van der Waals surface area contributed by atoms with E-state index in [9.17, 15) is 4.79 Å². The molecule has 6 nitrogen and oxygen atoms in total. The maximum Gasteiger partial charge on any atom is 0.200 e. The van der Waals surface area contributed by atoms with Crippen LogP contribution < -0.4 is 24.7 Å². The lowest BCUT2D eigenvalue weighted by Crippen LogP contribution is -3.28. The summed E-state index contributed by atoms with van der Waals surface area (Å²) in [5.41, 5.74) is 1.84. The van der Waals surface area contributed by atoms with E-state index < -0.39 is 0 Å². The van der Waals surface area contributed by atoms with Crippen molar-refractivity contribution in [3.63, 3.8) is 0 Å². The van der Waals surface area contributed by atoms with Gasteiger partial charge in [0.15, 0.2) is 5.43 Å². The number of piperazine rings is 1. The summed E-state index contributed by atoms with van der Waals surface area (Å²) in [4.78, 5) is 16.2. The highest BCUT2D eigenvalue weighted by atomic mass is 16.5. The Hall–Kier alpha value is -2.83. The first-order chi connectivity index (χ1) is 14.7. The van der Waals surface area contributed by atoms with Crippen molar-refractivity contribution in [2.75, 3.05) is 53.0 Å². The summed E-state index contributed by atoms with van der Waals surface area (Å²) in [7, 11) is 1.62. The quantitative estimate of drug-likeness (QED) is 0.601. The van der Waals surface area contributed by atoms with Crippen LogP contribution >= 0.6 is 0 Å². The zero-order chi connectivity index (χ0) is 20.9. The number of hydrogen-bond donors (Lipinski definition) is 2. The van der Waals surface area contributed by atoms with Gasteiger partial charge in [0.1, 0.15) is 62.7 Å². The average molecular weight is 411 g/mol. The molecular formula is C24H30N2O4+2. The van der Waals surface area contributed by atoms with Crippen molar-refractivity contribution < 1.29 is 23.7 Å². The highest BCUT2D eigenvalue weighted by Gasteiger charge is 2.21. The van der Waals surface area contributed by atoms with Crippen LogP contribution in [0.2, 0.25) is 0 Å². The third-order valence-corrected chi connectivity index (χ3v) is 6.04. The number of hydrogen-bond acceptors (Lipinski definition) is 4. The third kappa shape index (κ3) is 4.50. The van der Waals surface area contributed by atoms with Gasteiger partial charge < -0.3 is 23.7 Å². The topological polar surface area (TPSA) is 57.5 Å². The van der Waals surface area contributed by atoms with Gasteiger partial charge in [-0.25, -0.2) is 0 Å². The van der Waals surface area contributed by atoms with E-state index in [-0.39, 0.29) is 5.43 Å². The molecule has 2 N–H and O–H groups in total. The number of likely N-dealkylation sites (N-methyl/N-ethyl adjacent to an activating group) is 1. The Morgan fingerprint density at radius 2 is 1.67 bits per heavy atom. The maximum absolute atomic E-state index is 12.9. The largest absolute Gasteiger partial charge is 0.497 e. The van der Waals surface area contributed by atoms with Gasteiger partial charge in [-0.05, 0) is 36.8 Å². The Labute approximate surface area is 176 Å². The summed E-state index contributed by atoms with van der Waals surface area (Å²) < 4.78 is 16.9. The first-order valence-electron chi connectivity index (χ1n) is 10.7. The maximum atomic E-state index is 12.9. The second kappa shape index (κ2) is 9.32. The lowest BCUT2D eigenvalue weighted by Gasteiger charge is -2.28. The van der Waals surface area contributed by atoms with Crippen LogP contribution in [0.1, 0.15) is 6.92 Å². The lowest BCUT2D eigenvalue weighted by molar-refractivity contribution is -1.01. The van der Waals surface area contributed by atoms with Gasteiger partial charge in [-0.3, -0.25) is 4.79 Å². The van der Waals surface area contributed by atoms with E-state index in [1.807, 2.05) is 36.4 Å². The van der Waals surface area contributed by atoms with E-state index in [2.05, 4.69) is 6.92 Å². The lowest BCUT2D eigenvalue weighted by atomic mass is 10.1. The highest BCUT2D eigenvalue weighted by molar-refractivity contribution is 5.82. The zero-order valence-corrected chi connectivity index (χ0v) is 17.7. The molecule has 0 saturated carbocycles. The Morgan fingerprint density at radius 3 is 2.37 bits per heavy atom. The minimum absolute atomic E-state index is 0.0475. The van der Waals surface area contributed by atoms with Crippen LogP contribution in [0.15, 0.2) is 57.9 Å². The number of methoxy groups -OCH3 is 1. The van der Waals surface area contributed by atoms with Crippen molar-refractivity contribution in [2.24, 2.45) is 0 Å². The van der Waals surface area contributed by atoms with Crippen LogP contribution in [0.25, 0.3) is 22.1 Å². The van der Waals surface area contributed by atoms with E-state index in [0.717, 1.165) is 23.6 Å². The number of rotatable bonds is 7. The number of nitrogens with one attached hydrogen (secondary N) is 2. The summed E-state index contributed by atoms with van der Waals surface area (Å²) in [5.74, 6) is 1.49. The molecular weight excluding hydrogens is 380 g/mol. The zero-order valence-electron chi connectivity index (χ0n) is 17.7. The molecule has 0 aliphatic carbocycles. The fourth-order valence-corrected chi connectivity index (χ4v) is 4.04. The van der Waals surface area contributed by atoms with Crippen molar-refractivity contribution in [1.82, 2.24) is 0 Å². The first kappa shape index (κ1) is 20.4. The van der Waals surface area contributed by atoms with E-state index >= 15 is 0 Å². The molecule has 0 radical (unpaired) electrons.